The Kier molecular flexibility index (Phi) is 3.59. The van der Waals surface area contributed by atoms with Crippen LogP contribution < -0.4 is 0 Å². The van der Waals surface area contributed by atoms with Crippen molar-refractivity contribution in [1.29, 1.82) is 5.26 Å². The molecular weight excluding hydrogens is 142 g/mol. The minimum absolute atomic E-state index is 0.151. The Hall–Kier alpha value is -1.04. The summed E-state index contributed by atoms with van der Waals surface area (Å²) in [6.45, 7) is 5.36. The van der Waals surface area contributed by atoms with Gasteiger partial charge in [0.2, 0.25) is 0 Å². The first-order valence-corrected chi connectivity index (χ1v) is 3.58. The van der Waals surface area contributed by atoms with E-state index in [1.807, 2.05) is 6.92 Å². The van der Waals surface area contributed by atoms with Gasteiger partial charge in [0.15, 0.2) is 6.61 Å². The second-order valence-corrected chi connectivity index (χ2v) is 2.97. The largest absolute Gasteiger partial charge is 0.450 e. The summed E-state index contributed by atoms with van der Waals surface area (Å²) in [6.07, 6.45) is 0.720. The van der Waals surface area contributed by atoms with E-state index in [0.717, 1.165) is 6.42 Å². The summed E-state index contributed by atoms with van der Waals surface area (Å²) in [4.78, 5) is 11.1. The zero-order valence-electron chi connectivity index (χ0n) is 7.18. The Labute approximate surface area is 67.0 Å². The van der Waals surface area contributed by atoms with Crippen LogP contribution in [0.1, 0.15) is 27.2 Å². The van der Waals surface area contributed by atoms with Gasteiger partial charge in [0.25, 0.3) is 0 Å². The molecule has 0 atom stereocenters. The van der Waals surface area contributed by atoms with Crippen LogP contribution in [0.15, 0.2) is 0 Å². The molecule has 0 amide bonds. The topological polar surface area (TPSA) is 50.1 Å². The minimum atomic E-state index is -0.461. The second-order valence-electron chi connectivity index (χ2n) is 2.97. The van der Waals surface area contributed by atoms with E-state index in [1.165, 1.54) is 0 Å². The van der Waals surface area contributed by atoms with Gasteiger partial charge in [-0.25, -0.2) is 0 Å². The van der Waals surface area contributed by atoms with E-state index in [0.29, 0.717) is 0 Å². The maximum Gasteiger partial charge on any atom is 0.312 e. The Morgan fingerprint density at radius 2 is 2.18 bits per heavy atom. The van der Waals surface area contributed by atoms with E-state index in [4.69, 9.17) is 5.26 Å². The van der Waals surface area contributed by atoms with Gasteiger partial charge in [0.1, 0.15) is 6.07 Å². The molecule has 0 saturated carbocycles. The van der Waals surface area contributed by atoms with Crippen molar-refractivity contribution >= 4 is 5.97 Å². The van der Waals surface area contributed by atoms with E-state index < -0.39 is 5.41 Å². The van der Waals surface area contributed by atoms with Gasteiger partial charge in [-0.2, -0.15) is 5.26 Å². The number of ether oxygens (including phenoxy) is 1. The highest BCUT2D eigenvalue weighted by Gasteiger charge is 2.26. The summed E-state index contributed by atoms with van der Waals surface area (Å²) in [5.74, 6) is -0.304. The van der Waals surface area contributed by atoms with Crippen LogP contribution in [0.4, 0.5) is 0 Å². The van der Waals surface area contributed by atoms with Gasteiger partial charge in [-0.15, -0.1) is 0 Å². The minimum Gasteiger partial charge on any atom is -0.450 e. The summed E-state index contributed by atoms with van der Waals surface area (Å²) in [5, 5.41) is 8.13. The van der Waals surface area contributed by atoms with E-state index in [9.17, 15) is 4.79 Å². The van der Waals surface area contributed by atoms with Crippen molar-refractivity contribution in [3.8, 4) is 6.07 Å². The van der Waals surface area contributed by atoms with Gasteiger partial charge >= 0.3 is 5.97 Å². The van der Waals surface area contributed by atoms with Gasteiger partial charge in [0.05, 0.1) is 5.41 Å². The third-order valence-electron chi connectivity index (χ3n) is 1.70. The van der Waals surface area contributed by atoms with Crippen LogP contribution in [-0.4, -0.2) is 12.6 Å². The van der Waals surface area contributed by atoms with Gasteiger partial charge in [-0.05, 0) is 20.3 Å². The highest BCUT2D eigenvalue weighted by atomic mass is 16.5. The molecule has 62 valence electrons. The summed E-state index contributed by atoms with van der Waals surface area (Å²) in [6, 6.07) is 1.75. The Morgan fingerprint density at radius 3 is 2.55 bits per heavy atom. The Balaban J connectivity index is 3.94. The van der Waals surface area contributed by atoms with Crippen LogP contribution in [0, 0.1) is 16.7 Å². The SMILES string of the molecule is CCC(C)(C)C(=O)OCC#N. The fourth-order valence-electron chi connectivity index (χ4n) is 0.438. The molecule has 0 saturated heterocycles. The van der Waals surface area contributed by atoms with E-state index >= 15 is 0 Å². The lowest BCUT2D eigenvalue weighted by molar-refractivity contribution is -0.152. The Morgan fingerprint density at radius 1 is 1.64 bits per heavy atom. The number of nitriles is 1. The van der Waals surface area contributed by atoms with Crippen LogP contribution in [0.25, 0.3) is 0 Å². The zero-order chi connectivity index (χ0) is 8.91. The first kappa shape index (κ1) is 9.96. The molecule has 0 rings (SSSR count). The summed E-state index contributed by atoms with van der Waals surface area (Å²) < 4.78 is 4.65. The van der Waals surface area contributed by atoms with Gasteiger partial charge in [-0.1, -0.05) is 6.92 Å². The first-order valence-electron chi connectivity index (χ1n) is 3.58. The third-order valence-corrected chi connectivity index (χ3v) is 1.70. The summed E-state index contributed by atoms with van der Waals surface area (Å²) in [7, 11) is 0. The normalized spacial score (nSPS) is 10.4. The molecule has 0 heterocycles. The molecule has 3 nitrogen and oxygen atoms in total. The highest BCUT2D eigenvalue weighted by molar-refractivity contribution is 5.75. The monoisotopic (exact) mass is 155 g/mol. The first-order chi connectivity index (χ1) is 5.04. The number of hydrogen-bond acceptors (Lipinski definition) is 3. The van der Waals surface area contributed by atoms with Crippen molar-refractivity contribution < 1.29 is 9.53 Å². The lowest BCUT2D eigenvalue weighted by Gasteiger charge is -2.18. The molecule has 0 spiro atoms. The molecule has 0 aromatic carbocycles. The molecule has 3 heteroatoms. The van der Waals surface area contributed by atoms with Crippen molar-refractivity contribution in [2.45, 2.75) is 27.2 Å². The van der Waals surface area contributed by atoms with Crippen LogP contribution >= 0.6 is 0 Å². The Bertz CT molecular complexity index is 179. The predicted molar refractivity (Wildman–Crippen MR) is 40.6 cm³/mol. The van der Waals surface area contributed by atoms with Gasteiger partial charge in [0, 0.05) is 0 Å². The average Bonchev–Trinajstić information content (AvgIpc) is 2.00. The molecular formula is C8H13NO2. The molecule has 0 aliphatic carbocycles. The van der Waals surface area contributed by atoms with E-state index in [1.54, 1.807) is 19.9 Å². The fraction of sp³-hybridized carbons (Fsp3) is 0.750. The van der Waals surface area contributed by atoms with Crippen LogP contribution in [0.3, 0.4) is 0 Å². The van der Waals surface area contributed by atoms with E-state index in [-0.39, 0.29) is 12.6 Å². The quantitative estimate of drug-likeness (QED) is 0.580. The third kappa shape index (κ3) is 3.03. The number of carbonyl (C=O) groups is 1. The maximum absolute atomic E-state index is 11.1. The molecule has 11 heavy (non-hydrogen) atoms. The lowest BCUT2D eigenvalue weighted by Crippen LogP contribution is -2.25. The molecule has 0 aromatic rings. The fourth-order valence-corrected chi connectivity index (χ4v) is 0.438. The maximum atomic E-state index is 11.1. The molecule has 0 aliphatic rings. The van der Waals surface area contributed by atoms with Gasteiger partial charge < -0.3 is 4.74 Å². The average molecular weight is 155 g/mol. The lowest BCUT2D eigenvalue weighted by atomic mass is 9.91. The van der Waals surface area contributed by atoms with Crippen LogP contribution in [-0.2, 0) is 9.53 Å². The van der Waals surface area contributed by atoms with Crippen LogP contribution in [0.5, 0.6) is 0 Å². The van der Waals surface area contributed by atoms with Crippen molar-refractivity contribution in [1.82, 2.24) is 0 Å². The number of esters is 1. The zero-order valence-corrected chi connectivity index (χ0v) is 7.18. The van der Waals surface area contributed by atoms with Crippen molar-refractivity contribution in [3.05, 3.63) is 0 Å². The molecule has 0 aromatic heterocycles. The number of hydrogen-bond donors (Lipinski definition) is 0. The molecule has 0 N–H and O–H groups in total. The second kappa shape index (κ2) is 3.97. The molecule has 0 unspecified atom stereocenters. The van der Waals surface area contributed by atoms with E-state index in [2.05, 4.69) is 4.74 Å². The standard InChI is InChI=1S/C8H13NO2/c1-4-8(2,3)7(10)11-6-5-9/h4,6H2,1-3H3. The molecule has 0 radical (unpaired) electrons. The number of rotatable bonds is 3. The summed E-state index contributed by atoms with van der Waals surface area (Å²) in [5.41, 5.74) is -0.461. The number of carbonyl (C=O) groups excluding carboxylic acids is 1. The molecule has 0 fully saturated rings. The molecule has 0 bridgehead atoms. The van der Waals surface area contributed by atoms with Crippen molar-refractivity contribution in [2.24, 2.45) is 5.41 Å². The van der Waals surface area contributed by atoms with Crippen molar-refractivity contribution in [3.63, 3.8) is 0 Å². The molecule has 0 aliphatic heterocycles. The predicted octanol–water partition coefficient (Wildman–Crippen LogP) is 1.49. The smallest absolute Gasteiger partial charge is 0.312 e. The number of nitrogens with zero attached hydrogens (tertiary/aromatic N) is 1. The summed E-state index contributed by atoms with van der Waals surface area (Å²) >= 11 is 0. The van der Waals surface area contributed by atoms with Gasteiger partial charge in [-0.3, -0.25) is 4.79 Å². The highest BCUT2D eigenvalue weighted by Crippen LogP contribution is 2.20. The van der Waals surface area contributed by atoms with Crippen molar-refractivity contribution in [2.75, 3.05) is 6.61 Å². The van der Waals surface area contributed by atoms with Crippen LogP contribution in [0.2, 0.25) is 0 Å².